The molecule has 1 aromatic carbocycles. The van der Waals surface area contributed by atoms with E-state index < -0.39 is 0 Å². The predicted octanol–water partition coefficient (Wildman–Crippen LogP) is 2.92. The number of ether oxygens (including phenoxy) is 1. The molecule has 0 bridgehead atoms. The van der Waals surface area contributed by atoms with E-state index >= 15 is 0 Å². The van der Waals surface area contributed by atoms with Crippen LogP contribution >= 0.6 is 11.8 Å². The molecule has 2 heterocycles. The average molecular weight is 370 g/mol. The van der Waals surface area contributed by atoms with Gasteiger partial charge in [-0.3, -0.25) is 9.78 Å². The predicted molar refractivity (Wildman–Crippen MR) is 96.4 cm³/mol. The Morgan fingerprint density at radius 1 is 1.19 bits per heavy atom. The van der Waals surface area contributed by atoms with Gasteiger partial charge < -0.3 is 10.5 Å². The topological polar surface area (TPSA) is 94.2 Å². The van der Waals surface area contributed by atoms with Gasteiger partial charge >= 0.3 is 0 Å². The van der Waals surface area contributed by atoms with E-state index in [4.69, 9.17) is 22.2 Å². The summed E-state index contributed by atoms with van der Waals surface area (Å²) in [6, 6.07) is 12.0. The van der Waals surface area contributed by atoms with Crippen LogP contribution in [0.1, 0.15) is 21.6 Å². The first-order valence-corrected chi connectivity index (χ1v) is 8.15. The number of rotatable bonds is 6. The van der Waals surface area contributed by atoms with Crippen LogP contribution in [0.25, 0.3) is 0 Å². The highest BCUT2D eigenvalue weighted by atomic mass is 35.5. The lowest BCUT2D eigenvalue weighted by Gasteiger charge is -2.14. The van der Waals surface area contributed by atoms with Crippen LogP contribution in [0.4, 0.5) is 0 Å². The zero-order valence-electron chi connectivity index (χ0n) is 13.7. The normalized spacial score (nSPS) is 10.4. The van der Waals surface area contributed by atoms with Crippen molar-refractivity contribution in [2.75, 3.05) is 0 Å². The summed E-state index contributed by atoms with van der Waals surface area (Å²) in [7, 11) is 0. The van der Waals surface area contributed by atoms with Crippen molar-refractivity contribution < 1.29 is 9.53 Å². The summed E-state index contributed by atoms with van der Waals surface area (Å²) in [4.78, 5) is 24.6. The van der Waals surface area contributed by atoms with Gasteiger partial charge in [0.2, 0.25) is 5.88 Å². The van der Waals surface area contributed by atoms with Crippen molar-refractivity contribution >= 4 is 17.7 Å². The quantitative estimate of drug-likeness (QED) is 0.671. The van der Waals surface area contributed by atoms with Gasteiger partial charge in [0.25, 0.3) is 5.91 Å². The summed E-state index contributed by atoms with van der Waals surface area (Å²) in [5.74, 6) is 0.471. The van der Waals surface area contributed by atoms with Crippen LogP contribution in [0, 0.1) is 0 Å². The van der Waals surface area contributed by atoms with E-state index in [1.807, 2.05) is 6.07 Å². The Morgan fingerprint density at radius 2 is 2.08 bits per heavy atom. The maximum Gasteiger partial charge on any atom is 0.268 e. The lowest BCUT2D eigenvalue weighted by molar-refractivity contribution is 0.0857. The number of carbonyl (C=O) groups excluding carboxylic acids is 1. The second kappa shape index (κ2) is 8.37. The molecule has 2 aromatic heterocycles. The number of hydrogen-bond donors (Lipinski definition) is 1. The van der Waals surface area contributed by atoms with E-state index in [1.165, 1.54) is 6.33 Å². The van der Waals surface area contributed by atoms with Crippen LogP contribution in [0.2, 0.25) is 0 Å². The minimum Gasteiger partial charge on any atom is -0.439 e. The highest BCUT2D eigenvalue weighted by molar-refractivity contribution is 6.24. The van der Waals surface area contributed by atoms with Crippen molar-refractivity contribution in [1.82, 2.24) is 19.4 Å². The number of aromatic nitrogens is 3. The Kier molecular flexibility index (Phi) is 5.73. The molecule has 3 aromatic rings. The summed E-state index contributed by atoms with van der Waals surface area (Å²) in [6.07, 6.45) is 4.70. The molecule has 0 radical (unpaired) electrons. The third kappa shape index (κ3) is 4.53. The highest BCUT2D eigenvalue weighted by Gasteiger charge is 2.15. The Bertz CT molecular complexity index is 892. The molecular formula is C18H16ClN5O2. The molecule has 0 saturated carbocycles. The first-order valence-electron chi connectivity index (χ1n) is 7.81. The summed E-state index contributed by atoms with van der Waals surface area (Å²) in [6.45, 7) is 0.526. The average Bonchev–Trinajstić information content (AvgIpc) is 2.68. The smallest absolute Gasteiger partial charge is 0.268 e. The Hall–Kier alpha value is -3.03. The van der Waals surface area contributed by atoms with Crippen molar-refractivity contribution in [3.05, 3.63) is 78.0 Å². The Labute approximate surface area is 155 Å². The molecule has 0 spiro atoms. The first kappa shape index (κ1) is 17.8. The van der Waals surface area contributed by atoms with Crippen molar-refractivity contribution in [2.45, 2.75) is 13.1 Å². The molecule has 0 atom stereocenters. The van der Waals surface area contributed by atoms with Crippen LogP contribution in [0.3, 0.4) is 0 Å². The van der Waals surface area contributed by atoms with Gasteiger partial charge in [0, 0.05) is 42.3 Å². The van der Waals surface area contributed by atoms with E-state index in [9.17, 15) is 4.79 Å². The van der Waals surface area contributed by atoms with Crippen LogP contribution in [0.15, 0.2) is 61.2 Å². The number of halogens is 1. The Balaban J connectivity index is 1.72. The largest absolute Gasteiger partial charge is 0.439 e. The number of carbonyl (C=O) groups is 1. The molecule has 0 aliphatic carbocycles. The first-order chi connectivity index (χ1) is 12.7. The van der Waals surface area contributed by atoms with Gasteiger partial charge in [-0.2, -0.15) is 0 Å². The van der Waals surface area contributed by atoms with Crippen LogP contribution < -0.4 is 10.5 Å². The van der Waals surface area contributed by atoms with Crippen molar-refractivity contribution in [2.24, 2.45) is 5.73 Å². The fraction of sp³-hybridized carbons (Fsp3) is 0.111. The molecule has 0 aliphatic rings. The number of pyridine rings is 1. The monoisotopic (exact) mass is 369 g/mol. The Morgan fingerprint density at radius 3 is 2.85 bits per heavy atom. The van der Waals surface area contributed by atoms with E-state index in [2.05, 4.69) is 15.0 Å². The van der Waals surface area contributed by atoms with E-state index in [1.54, 1.807) is 48.8 Å². The molecule has 0 unspecified atom stereocenters. The second-order valence-electron chi connectivity index (χ2n) is 5.37. The maximum atomic E-state index is 12.5. The molecule has 0 fully saturated rings. The summed E-state index contributed by atoms with van der Waals surface area (Å²) in [5.41, 5.74) is 7.45. The molecule has 2 N–H and O–H groups in total. The van der Waals surface area contributed by atoms with Crippen molar-refractivity contribution in [3.63, 3.8) is 0 Å². The molecule has 26 heavy (non-hydrogen) atoms. The van der Waals surface area contributed by atoms with E-state index in [0.717, 1.165) is 9.98 Å². The number of nitrogens with two attached hydrogens (primary N) is 1. The van der Waals surface area contributed by atoms with Gasteiger partial charge in [-0.05, 0) is 29.8 Å². The third-order valence-electron chi connectivity index (χ3n) is 3.48. The van der Waals surface area contributed by atoms with Crippen molar-refractivity contribution in [3.8, 4) is 11.6 Å². The van der Waals surface area contributed by atoms with E-state index in [-0.39, 0.29) is 19.0 Å². The molecule has 3 rings (SSSR count). The zero-order chi connectivity index (χ0) is 18.4. The van der Waals surface area contributed by atoms with Gasteiger partial charge in [-0.15, -0.1) is 0 Å². The lowest BCUT2D eigenvalue weighted by atomic mass is 10.2. The number of amides is 1. The summed E-state index contributed by atoms with van der Waals surface area (Å²) in [5, 5.41) is 0. The van der Waals surface area contributed by atoms with E-state index in [0.29, 0.717) is 22.9 Å². The highest BCUT2D eigenvalue weighted by Crippen LogP contribution is 2.22. The van der Waals surface area contributed by atoms with Gasteiger partial charge in [-0.1, -0.05) is 12.1 Å². The standard InChI is InChI=1S/C18H16ClN5O2/c19-24(11-13-3-2-6-21-10-13)18(25)14-4-1-5-16(7-14)26-17-8-15(9-20)22-12-23-17/h1-8,10,12H,9,11,20H2. The molecule has 0 saturated heterocycles. The number of benzene rings is 1. The third-order valence-corrected chi connectivity index (χ3v) is 3.75. The SMILES string of the molecule is NCc1cc(Oc2cccc(C(=O)N(Cl)Cc3cccnc3)c2)ncn1. The van der Waals surface area contributed by atoms with Crippen LogP contribution in [-0.2, 0) is 13.1 Å². The zero-order valence-corrected chi connectivity index (χ0v) is 14.5. The number of nitrogens with zero attached hydrogens (tertiary/aromatic N) is 4. The van der Waals surface area contributed by atoms with Gasteiger partial charge in [0.15, 0.2) is 0 Å². The van der Waals surface area contributed by atoms with Gasteiger partial charge in [0.05, 0.1) is 12.2 Å². The molecule has 132 valence electrons. The van der Waals surface area contributed by atoms with Crippen LogP contribution in [-0.4, -0.2) is 25.3 Å². The molecule has 1 amide bonds. The molecule has 8 heteroatoms. The minimum absolute atomic E-state index is 0.241. The van der Waals surface area contributed by atoms with Gasteiger partial charge in [0.1, 0.15) is 12.1 Å². The maximum absolute atomic E-state index is 12.5. The minimum atomic E-state index is -0.341. The van der Waals surface area contributed by atoms with Crippen LogP contribution in [0.5, 0.6) is 11.6 Å². The lowest BCUT2D eigenvalue weighted by Crippen LogP contribution is -2.21. The molecule has 7 nitrogen and oxygen atoms in total. The second-order valence-corrected chi connectivity index (χ2v) is 5.78. The van der Waals surface area contributed by atoms with Crippen molar-refractivity contribution in [1.29, 1.82) is 0 Å². The molecular weight excluding hydrogens is 354 g/mol. The summed E-state index contributed by atoms with van der Waals surface area (Å²) >= 11 is 6.13. The fourth-order valence-electron chi connectivity index (χ4n) is 2.22. The van der Waals surface area contributed by atoms with Gasteiger partial charge in [-0.25, -0.2) is 14.4 Å². The number of hydrogen-bond acceptors (Lipinski definition) is 6. The molecule has 0 aliphatic heterocycles. The fourth-order valence-corrected chi connectivity index (χ4v) is 2.46. The summed E-state index contributed by atoms with van der Waals surface area (Å²) < 4.78 is 6.78.